The summed E-state index contributed by atoms with van der Waals surface area (Å²) in [6.07, 6.45) is 1.88. The van der Waals surface area contributed by atoms with Gasteiger partial charge < -0.3 is 25.0 Å². The van der Waals surface area contributed by atoms with Gasteiger partial charge in [0.15, 0.2) is 5.65 Å². The number of pyridine rings is 1. The fraction of sp³-hybridized carbons (Fsp3) is 0.440. The number of benzene rings is 1. The molecule has 1 aromatic carbocycles. The van der Waals surface area contributed by atoms with Crippen molar-refractivity contribution in [3.05, 3.63) is 54.0 Å². The highest BCUT2D eigenvalue weighted by Crippen LogP contribution is 2.29. The Balaban J connectivity index is 1.62. The van der Waals surface area contributed by atoms with Crippen molar-refractivity contribution in [2.75, 3.05) is 49.6 Å². The predicted octanol–water partition coefficient (Wildman–Crippen LogP) is 2.44. The van der Waals surface area contributed by atoms with Crippen molar-refractivity contribution in [2.24, 2.45) is 0 Å². The second-order valence-electron chi connectivity index (χ2n) is 9.17. The van der Waals surface area contributed by atoms with Gasteiger partial charge in [0.25, 0.3) is 11.8 Å². The van der Waals surface area contributed by atoms with Crippen LogP contribution in [-0.4, -0.2) is 81.4 Å². The molecule has 3 heterocycles. The van der Waals surface area contributed by atoms with E-state index in [4.69, 9.17) is 4.74 Å². The number of aliphatic hydroxyl groups is 1. The Morgan fingerprint density at radius 2 is 1.97 bits per heavy atom. The van der Waals surface area contributed by atoms with Crippen LogP contribution in [0.25, 0.3) is 5.65 Å². The summed E-state index contributed by atoms with van der Waals surface area (Å²) in [5.74, 6) is -0.438. The van der Waals surface area contributed by atoms with Crippen LogP contribution in [0.5, 0.6) is 0 Å². The first-order valence-corrected chi connectivity index (χ1v) is 11.9. The fourth-order valence-electron chi connectivity index (χ4n) is 4.03. The Bertz CT molecular complexity index is 1200. The van der Waals surface area contributed by atoms with E-state index in [0.717, 1.165) is 5.69 Å². The third-order valence-corrected chi connectivity index (χ3v) is 6.04. The van der Waals surface area contributed by atoms with Crippen molar-refractivity contribution in [3.63, 3.8) is 0 Å². The molecule has 35 heavy (non-hydrogen) atoms. The van der Waals surface area contributed by atoms with E-state index in [1.165, 1.54) is 10.8 Å². The summed E-state index contributed by atoms with van der Waals surface area (Å²) in [4.78, 5) is 34.4. The van der Waals surface area contributed by atoms with Gasteiger partial charge in [0.05, 0.1) is 30.2 Å². The van der Waals surface area contributed by atoms with Crippen LogP contribution < -0.4 is 10.2 Å². The molecular weight excluding hydrogens is 448 g/mol. The average Bonchev–Trinajstić information content (AvgIpc) is 3.33. The standard InChI is InChI=1S/C25H32N6O4/c1-4-29(11-10-25(2,3)34)24(33)18-8-9-19(21(16-18)30-12-14-35-15-13-30)28-23(32)20-6-5-7-22-26-17-27-31(20)22/h5-9,16-17,34H,4,10-15H2,1-3H3,(H,28,32). The number of nitrogens with one attached hydrogen (secondary N) is 1. The van der Waals surface area contributed by atoms with Gasteiger partial charge >= 0.3 is 0 Å². The Morgan fingerprint density at radius 3 is 2.69 bits per heavy atom. The number of anilines is 2. The minimum absolute atomic E-state index is 0.114. The van der Waals surface area contributed by atoms with Crippen molar-refractivity contribution in [3.8, 4) is 0 Å². The average molecular weight is 481 g/mol. The van der Waals surface area contributed by atoms with Gasteiger partial charge in [0.2, 0.25) is 0 Å². The van der Waals surface area contributed by atoms with Crippen LogP contribution in [0.3, 0.4) is 0 Å². The van der Waals surface area contributed by atoms with Gasteiger partial charge in [-0.2, -0.15) is 5.10 Å². The van der Waals surface area contributed by atoms with Crippen LogP contribution in [-0.2, 0) is 4.74 Å². The number of rotatable bonds is 8. The van der Waals surface area contributed by atoms with E-state index >= 15 is 0 Å². The van der Waals surface area contributed by atoms with E-state index in [9.17, 15) is 14.7 Å². The lowest BCUT2D eigenvalue weighted by Gasteiger charge is -2.31. The number of aromatic nitrogens is 3. The number of ether oxygens (including phenoxy) is 1. The van der Waals surface area contributed by atoms with Crippen molar-refractivity contribution in [1.82, 2.24) is 19.5 Å². The van der Waals surface area contributed by atoms with Crippen LogP contribution >= 0.6 is 0 Å². The molecule has 2 aromatic heterocycles. The van der Waals surface area contributed by atoms with E-state index in [1.54, 1.807) is 49.1 Å². The third kappa shape index (κ3) is 5.77. The SMILES string of the molecule is CCN(CCC(C)(C)O)C(=O)c1ccc(NC(=O)c2cccc3ncnn23)c(N2CCOCC2)c1. The third-order valence-electron chi connectivity index (χ3n) is 6.04. The molecule has 0 aliphatic carbocycles. The Hall–Kier alpha value is -3.50. The number of carbonyl (C=O) groups excluding carboxylic acids is 2. The molecule has 1 fully saturated rings. The quantitative estimate of drug-likeness (QED) is 0.509. The summed E-state index contributed by atoms with van der Waals surface area (Å²) < 4.78 is 6.99. The Morgan fingerprint density at radius 1 is 1.20 bits per heavy atom. The molecule has 186 valence electrons. The largest absolute Gasteiger partial charge is 0.390 e. The number of nitrogens with zero attached hydrogens (tertiary/aromatic N) is 5. The summed E-state index contributed by atoms with van der Waals surface area (Å²) in [7, 11) is 0. The number of hydrogen-bond donors (Lipinski definition) is 2. The first kappa shape index (κ1) is 24.6. The molecule has 1 aliphatic heterocycles. The van der Waals surface area contributed by atoms with Gasteiger partial charge in [-0.25, -0.2) is 9.50 Å². The van der Waals surface area contributed by atoms with Crippen molar-refractivity contribution >= 4 is 28.8 Å². The smallest absolute Gasteiger partial charge is 0.274 e. The molecule has 2 amide bonds. The predicted molar refractivity (Wildman–Crippen MR) is 133 cm³/mol. The van der Waals surface area contributed by atoms with Gasteiger partial charge in [-0.3, -0.25) is 9.59 Å². The van der Waals surface area contributed by atoms with Crippen molar-refractivity contribution < 1.29 is 19.4 Å². The molecule has 3 aromatic rings. The molecule has 0 saturated carbocycles. The number of amides is 2. The lowest BCUT2D eigenvalue weighted by Crippen LogP contribution is -2.38. The van der Waals surface area contributed by atoms with Crippen LogP contribution in [0, 0.1) is 0 Å². The molecule has 10 heteroatoms. The number of carbonyl (C=O) groups is 2. The maximum absolute atomic E-state index is 13.3. The summed E-state index contributed by atoms with van der Waals surface area (Å²) in [5, 5.41) is 17.2. The molecule has 4 rings (SSSR count). The zero-order chi connectivity index (χ0) is 25.0. The molecule has 1 aliphatic rings. The molecular formula is C25H32N6O4. The second kappa shape index (κ2) is 10.4. The zero-order valence-electron chi connectivity index (χ0n) is 20.4. The van der Waals surface area contributed by atoms with Crippen LogP contribution in [0.4, 0.5) is 11.4 Å². The van der Waals surface area contributed by atoms with E-state index in [-0.39, 0.29) is 11.8 Å². The molecule has 0 spiro atoms. The summed E-state index contributed by atoms with van der Waals surface area (Å²) in [6, 6.07) is 10.5. The van der Waals surface area contributed by atoms with Gasteiger partial charge in [-0.15, -0.1) is 0 Å². The highest BCUT2D eigenvalue weighted by atomic mass is 16.5. The van der Waals surface area contributed by atoms with Crippen LogP contribution in [0.1, 0.15) is 48.0 Å². The summed E-state index contributed by atoms with van der Waals surface area (Å²) >= 11 is 0. The van der Waals surface area contributed by atoms with E-state index in [0.29, 0.717) is 68.4 Å². The molecule has 2 N–H and O–H groups in total. The fourth-order valence-corrected chi connectivity index (χ4v) is 4.03. The molecule has 0 radical (unpaired) electrons. The molecule has 0 atom stereocenters. The van der Waals surface area contributed by atoms with Gasteiger partial charge in [0, 0.05) is 31.7 Å². The maximum Gasteiger partial charge on any atom is 0.274 e. The maximum atomic E-state index is 13.3. The highest BCUT2D eigenvalue weighted by molar-refractivity contribution is 6.06. The van der Waals surface area contributed by atoms with Crippen LogP contribution in [0.2, 0.25) is 0 Å². The zero-order valence-corrected chi connectivity index (χ0v) is 20.4. The van der Waals surface area contributed by atoms with Crippen molar-refractivity contribution in [2.45, 2.75) is 32.8 Å². The topological polar surface area (TPSA) is 112 Å². The first-order valence-electron chi connectivity index (χ1n) is 11.9. The normalized spacial score (nSPS) is 14.2. The van der Waals surface area contributed by atoms with E-state index in [2.05, 4.69) is 20.3 Å². The lowest BCUT2D eigenvalue weighted by atomic mass is 10.0. The number of fused-ring (bicyclic) bond motifs is 1. The van der Waals surface area contributed by atoms with Crippen LogP contribution in [0.15, 0.2) is 42.7 Å². The van der Waals surface area contributed by atoms with E-state index < -0.39 is 5.60 Å². The van der Waals surface area contributed by atoms with E-state index in [1.807, 2.05) is 13.0 Å². The lowest BCUT2D eigenvalue weighted by molar-refractivity contribution is 0.0514. The molecule has 10 nitrogen and oxygen atoms in total. The van der Waals surface area contributed by atoms with Gasteiger partial charge in [-0.05, 0) is 57.5 Å². The van der Waals surface area contributed by atoms with Gasteiger partial charge in [-0.1, -0.05) is 6.07 Å². The molecule has 1 saturated heterocycles. The molecule has 0 unspecified atom stereocenters. The second-order valence-corrected chi connectivity index (χ2v) is 9.17. The number of morpholine rings is 1. The highest BCUT2D eigenvalue weighted by Gasteiger charge is 2.23. The summed E-state index contributed by atoms with van der Waals surface area (Å²) in [5.41, 5.74) is 1.98. The number of hydrogen-bond acceptors (Lipinski definition) is 7. The Labute approximate surface area is 204 Å². The van der Waals surface area contributed by atoms with Crippen molar-refractivity contribution in [1.29, 1.82) is 0 Å². The molecule has 0 bridgehead atoms. The minimum Gasteiger partial charge on any atom is -0.390 e. The first-order chi connectivity index (χ1) is 16.8. The summed E-state index contributed by atoms with van der Waals surface area (Å²) in [6.45, 7) is 8.80. The Kier molecular flexibility index (Phi) is 7.32. The van der Waals surface area contributed by atoms with Gasteiger partial charge in [0.1, 0.15) is 12.0 Å². The monoisotopic (exact) mass is 480 g/mol. The minimum atomic E-state index is -0.853.